The molecule has 0 unspecified atom stereocenters. The lowest BCUT2D eigenvalue weighted by molar-refractivity contribution is 0.0105. The number of benzene rings is 4. The lowest BCUT2D eigenvalue weighted by atomic mass is 9.93. The topological polar surface area (TPSA) is 180 Å². The predicted molar refractivity (Wildman–Crippen MR) is 234 cm³/mol. The second-order valence-electron chi connectivity index (χ2n) is 15.3. The van der Waals surface area contributed by atoms with Crippen LogP contribution in [0.5, 0.6) is 0 Å². The molecule has 6 rings (SSSR count). The number of amides is 5. The van der Waals surface area contributed by atoms with E-state index in [1.165, 1.54) is 9.80 Å². The zero-order chi connectivity index (χ0) is 44.1. The summed E-state index contributed by atoms with van der Waals surface area (Å²) in [6.07, 6.45) is -0.492. The maximum atomic E-state index is 13.5. The number of nitrogens with one attached hydrogen (secondary N) is 2. The molecular weight excluding hydrogens is 868 g/mol. The van der Waals surface area contributed by atoms with Crippen LogP contribution >= 0.6 is 15.9 Å². The first kappa shape index (κ1) is 46.5. The molecule has 0 atom stereocenters. The van der Waals surface area contributed by atoms with Crippen LogP contribution in [0.15, 0.2) is 65.1 Å². The quantitative estimate of drug-likeness (QED) is 0.0613. The van der Waals surface area contributed by atoms with E-state index in [-0.39, 0.29) is 56.5 Å². The van der Waals surface area contributed by atoms with Crippen LogP contribution in [-0.4, -0.2) is 151 Å². The Kier molecular flexibility index (Phi) is 16.8. The van der Waals surface area contributed by atoms with Gasteiger partial charge in [0.1, 0.15) is 5.60 Å². The molecule has 2 N–H and O–H groups in total. The molecule has 0 fully saturated rings. The SMILES string of the molecule is CC(C)(C)OC(=O)NCCOCCOCCOCCN1C(=O)c2cccc3c(NCCOCCOCCOCCN4C(=O)c5cccc6c(Br)ccc(c56)C4=O)ccc(c23)C1=O. The van der Waals surface area contributed by atoms with Gasteiger partial charge in [0.2, 0.25) is 0 Å². The molecule has 4 aromatic carbocycles. The molecule has 0 aromatic heterocycles. The van der Waals surface area contributed by atoms with Crippen LogP contribution in [-0.2, 0) is 33.2 Å². The van der Waals surface area contributed by atoms with Crippen LogP contribution in [0.25, 0.3) is 21.5 Å². The van der Waals surface area contributed by atoms with Crippen LogP contribution in [0, 0.1) is 0 Å². The van der Waals surface area contributed by atoms with E-state index in [0.29, 0.717) is 106 Å². The largest absolute Gasteiger partial charge is 0.444 e. The molecule has 2 aliphatic heterocycles. The Morgan fingerprint density at radius 3 is 1.47 bits per heavy atom. The van der Waals surface area contributed by atoms with E-state index in [9.17, 15) is 24.0 Å². The van der Waals surface area contributed by atoms with Gasteiger partial charge in [-0.3, -0.25) is 29.0 Å². The Labute approximate surface area is 368 Å². The smallest absolute Gasteiger partial charge is 0.407 e. The van der Waals surface area contributed by atoms with Gasteiger partial charge in [-0.1, -0.05) is 40.2 Å². The number of anilines is 1. The molecule has 0 spiro atoms. The van der Waals surface area contributed by atoms with Gasteiger partial charge in [0.25, 0.3) is 23.6 Å². The zero-order valence-electron chi connectivity index (χ0n) is 35.3. The second-order valence-corrected chi connectivity index (χ2v) is 16.1. The van der Waals surface area contributed by atoms with E-state index in [0.717, 1.165) is 20.9 Å². The molecular formula is C45H53BrN4O12. The summed E-state index contributed by atoms with van der Waals surface area (Å²) in [6, 6.07) is 18.0. The van der Waals surface area contributed by atoms with Gasteiger partial charge in [-0.05, 0) is 62.6 Å². The highest BCUT2D eigenvalue weighted by atomic mass is 79.9. The average Bonchev–Trinajstić information content (AvgIpc) is 3.24. The number of alkyl carbamates (subject to hydrolysis) is 1. The van der Waals surface area contributed by atoms with Crippen molar-refractivity contribution in [1.82, 2.24) is 15.1 Å². The predicted octanol–water partition coefficient (Wildman–Crippen LogP) is 5.68. The number of imide groups is 2. The van der Waals surface area contributed by atoms with Gasteiger partial charge in [0.15, 0.2) is 0 Å². The number of carbonyl (C=O) groups is 5. The summed E-state index contributed by atoms with van der Waals surface area (Å²) in [6.45, 7) is 10.2. The number of hydrogen-bond acceptors (Lipinski definition) is 13. The van der Waals surface area contributed by atoms with E-state index < -0.39 is 11.7 Å². The first-order valence-electron chi connectivity index (χ1n) is 20.6. The highest BCUT2D eigenvalue weighted by molar-refractivity contribution is 9.10. The molecule has 62 heavy (non-hydrogen) atoms. The summed E-state index contributed by atoms with van der Waals surface area (Å²) in [5.74, 6) is -1.41. The highest BCUT2D eigenvalue weighted by Crippen LogP contribution is 2.35. The Balaban J connectivity index is 0.812. The Bertz CT molecular complexity index is 2200. The van der Waals surface area contributed by atoms with Crippen LogP contribution in [0.2, 0.25) is 0 Å². The van der Waals surface area contributed by atoms with Gasteiger partial charge in [-0.2, -0.15) is 0 Å². The zero-order valence-corrected chi connectivity index (χ0v) is 36.8. The summed E-state index contributed by atoms with van der Waals surface area (Å²) >= 11 is 3.50. The van der Waals surface area contributed by atoms with Crippen molar-refractivity contribution >= 4 is 72.9 Å². The maximum Gasteiger partial charge on any atom is 0.407 e. The first-order chi connectivity index (χ1) is 30.0. The third-order valence-corrected chi connectivity index (χ3v) is 10.5. The summed E-state index contributed by atoms with van der Waals surface area (Å²) in [7, 11) is 0. The number of ether oxygens (including phenoxy) is 7. The minimum absolute atomic E-state index is 0.102. The van der Waals surface area contributed by atoms with Crippen molar-refractivity contribution in [3.63, 3.8) is 0 Å². The van der Waals surface area contributed by atoms with E-state index >= 15 is 0 Å². The van der Waals surface area contributed by atoms with Crippen LogP contribution in [0.1, 0.15) is 62.2 Å². The van der Waals surface area contributed by atoms with Crippen molar-refractivity contribution in [2.45, 2.75) is 26.4 Å². The number of rotatable bonds is 25. The van der Waals surface area contributed by atoms with Crippen molar-refractivity contribution in [1.29, 1.82) is 0 Å². The standard InChI is InChI=1S/C45H53BrN4O12/c1-45(2,3)62-44(55)48-15-19-57-23-27-61-29-25-59-21-17-50-41(52)33-9-5-7-31-37(13-11-35(39(31)33)43(50)54)47-14-18-56-22-26-60-28-24-58-20-16-49-40(51)32-8-4-6-30-36(46)12-10-34(38(30)32)42(49)53/h4-13,47H,14-29H2,1-3H3,(H,48,55). The number of carbonyl (C=O) groups excluding carboxylic acids is 5. The van der Waals surface area contributed by atoms with E-state index in [4.69, 9.17) is 33.2 Å². The van der Waals surface area contributed by atoms with Crippen LogP contribution < -0.4 is 10.6 Å². The molecule has 2 heterocycles. The van der Waals surface area contributed by atoms with Gasteiger partial charge in [0.05, 0.1) is 92.4 Å². The molecule has 5 amide bonds. The Morgan fingerprint density at radius 1 is 0.532 bits per heavy atom. The maximum absolute atomic E-state index is 13.5. The monoisotopic (exact) mass is 920 g/mol. The van der Waals surface area contributed by atoms with Crippen molar-refractivity contribution in [3.8, 4) is 0 Å². The number of halogens is 1. The van der Waals surface area contributed by atoms with Gasteiger partial charge in [-0.25, -0.2) is 4.79 Å². The van der Waals surface area contributed by atoms with Crippen molar-refractivity contribution in [3.05, 3.63) is 87.4 Å². The van der Waals surface area contributed by atoms with E-state index in [1.807, 2.05) is 30.3 Å². The molecule has 0 saturated carbocycles. The summed E-state index contributed by atoms with van der Waals surface area (Å²) in [5, 5.41) is 8.86. The third kappa shape index (κ3) is 11.9. The molecule has 0 aliphatic carbocycles. The summed E-state index contributed by atoms with van der Waals surface area (Å²) in [5.41, 5.74) is 2.13. The van der Waals surface area contributed by atoms with E-state index in [1.54, 1.807) is 51.1 Å². The fraction of sp³-hybridized carbons (Fsp3) is 0.444. The van der Waals surface area contributed by atoms with Crippen LogP contribution in [0.4, 0.5) is 10.5 Å². The number of hydrogen-bond donors (Lipinski definition) is 2. The minimum Gasteiger partial charge on any atom is -0.444 e. The molecule has 2 aliphatic rings. The normalized spacial score (nSPS) is 13.7. The van der Waals surface area contributed by atoms with Crippen molar-refractivity contribution in [2.75, 3.05) is 111 Å². The Morgan fingerprint density at radius 2 is 0.952 bits per heavy atom. The lowest BCUT2D eigenvalue weighted by Gasteiger charge is -2.27. The fourth-order valence-electron chi connectivity index (χ4n) is 7.01. The van der Waals surface area contributed by atoms with E-state index in [2.05, 4.69) is 26.6 Å². The molecule has 0 radical (unpaired) electrons. The molecule has 16 nitrogen and oxygen atoms in total. The molecule has 0 saturated heterocycles. The molecule has 4 aromatic rings. The van der Waals surface area contributed by atoms with Gasteiger partial charge in [-0.15, -0.1) is 0 Å². The average molecular weight is 922 g/mol. The second kappa shape index (κ2) is 22.4. The summed E-state index contributed by atoms with van der Waals surface area (Å²) in [4.78, 5) is 67.2. The van der Waals surface area contributed by atoms with Crippen molar-refractivity contribution in [2.24, 2.45) is 0 Å². The van der Waals surface area contributed by atoms with Gasteiger partial charge < -0.3 is 43.8 Å². The molecule has 332 valence electrons. The third-order valence-electron chi connectivity index (χ3n) is 9.81. The van der Waals surface area contributed by atoms with Gasteiger partial charge in [0, 0.05) is 61.7 Å². The molecule has 0 bridgehead atoms. The summed E-state index contributed by atoms with van der Waals surface area (Å²) < 4.78 is 39.6. The van der Waals surface area contributed by atoms with Crippen molar-refractivity contribution < 1.29 is 57.1 Å². The van der Waals surface area contributed by atoms with Crippen LogP contribution in [0.3, 0.4) is 0 Å². The fourth-order valence-corrected chi connectivity index (χ4v) is 7.47. The first-order valence-corrected chi connectivity index (χ1v) is 21.4. The lowest BCUT2D eigenvalue weighted by Crippen LogP contribution is -2.42. The highest BCUT2D eigenvalue weighted by Gasteiger charge is 2.34. The number of nitrogens with zero attached hydrogens (tertiary/aromatic N) is 2. The minimum atomic E-state index is -0.557. The van der Waals surface area contributed by atoms with Gasteiger partial charge >= 0.3 is 6.09 Å². The molecule has 17 heteroatoms. The Hall–Kier alpha value is -5.01.